The molecule has 1 atom stereocenters. The number of rotatable bonds is 4. The number of hydrogen-bond donors (Lipinski definition) is 1. The van der Waals surface area contributed by atoms with Crippen LogP contribution >= 0.6 is 0 Å². The molecule has 0 aliphatic carbocycles. The summed E-state index contributed by atoms with van der Waals surface area (Å²) in [4.78, 5) is 0. The molecule has 0 saturated carbocycles. The molecule has 1 N–H and O–H groups in total. The van der Waals surface area contributed by atoms with Crippen molar-refractivity contribution in [2.75, 3.05) is 7.11 Å². The Hall–Kier alpha value is -2.58. The van der Waals surface area contributed by atoms with E-state index in [4.69, 9.17) is 4.74 Å². The summed E-state index contributed by atoms with van der Waals surface area (Å²) in [6, 6.07) is 25.3. The van der Waals surface area contributed by atoms with E-state index in [-0.39, 0.29) is 0 Å². The molecule has 0 bridgehead atoms. The third-order valence-electron chi connectivity index (χ3n) is 4.16. The number of aryl methyl sites for hydroxylation is 1. The van der Waals surface area contributed by atoms with Crippen LogP contribution in [0.4, 0.5) is 0 Å². The summed E-state index contributed by atoms with van der Waals surface area (Å²) >= 11 is 0. The molecule has 1 unspecified atom stereocenters. The molecular formula is C21H20O2. The third-order valence-corrected chi connectivity index (χ3v) is 4.16. The monoisotopic (exact) mass is 304 g/mol. The van der Waals surface area contributed by atoms with Gasteiger partial charge in [0.15, 0.2) is 0 Å². The third kappa shape index (κ3) is 2.73. The van der Waals surface area contributed by atoms with Gasteiger partial charge in [-0.05, 0) is 24.1 Å². The zero-order valence-electron chi connectivity index (χ0n) is 13.4. The largest absolute Gasteiger partial charge is 0.496 e. The number of methoxy groups -OCH3 is 1. The molecule has 2 nitrogen and oxygen atoms in total. The lowest BCUT2D eigenvalue weighted by molar-refractivity contribution is 0.122. The van der Waals surface area contributed by atoms with E-state index < -0.39 is 5.60 Å². The molecule has 23 heavy (non-hydrogen) atoms. The van der Waals surface area contributed by atoms with Crippen LogP contribution in [0.2, 0.25) is 0 Å². The molecule has 0 aliphatic heterocycles. The van der Waals surface area contributed by atoms with Crippen LogP contribution in [0.3, 0.4) is 0 Å². The molecule has 0 heterocycles. The molecular weight excluding hydrogens is 284 g/mol. The molecule has 0 radical (unpaired) electrons. The average Bonchev–Trinajstić information content (AvgIpc) is 2.62. The Kier molecular flexibility index (Phi) is 4.18. The van der Waals surface area contributed by atoms with Crippen molar-refractivity contribution in [2.45, 2.75) is 12.5 Å². The van der Waals surface area contributed by atoms with Crippen LogP contribution in [0, 0.1) is 6.92 Å². The van der Waals surface area contributed by atoms with Gasteiger partial charge in [-0.25, -0.2) is 0 Å². The van der Waals surface area contributed by atoms with Crippen LogP contribution in [0.5, 0.6) is 5.75 Å². The predicted octanol–water partition coefficient (Wildman–Crippen LogP) is 4.29. The maximum absolute atomic E-state index is 11.7. The van der Waals surface area contributed by atoms with Gasteiger partial charge in [0.05, 0.1) is 7.11 Å². The second kappa shape index (κ2) is 6.27. The summed E-state index contributed by atoms with van der Waals surface area (Å²) in [6.45, 7) is 2.04. The molecule has 0 saturated heterocycles. The summed E-state index contributed by atoms with van der Waals surface area (Å²) in [5.41, 5.74) is 2.26. The lowest BCUT2D eigenvalue weighted by atomic mass is 9.80. The first-order valence-corrected chi connectivity index (χ1v) is 7.65. The quantitative estimate of drug-likeness (QED) is 0.729. The van der Waals surface area contributed by atoms with E-state index in [2.05, 4.69) is 0 Å². The highest BCUT2D eigenvalue weighted by molar-refractivity contribution is 5.52. The van der Waals surface area contributed by atoms with Gasteiger partial charge in [0.2, 0.25) is 0 Å². The van der Waals surface area contributed by atoms with Crippen molar-refractivity contribution in [1.82, 2.24) is 0 Å². The van der Waals surface area contributed by atoms with Gasteiger partial charge in [-0.3, -0.25) is 0 Å². The molecule has 0 amide bonds. The normalized spacial score (nSPS) is 13.3. The van der Waals surface area contributed by atoms with Crippen molar-refractivity contribution in [3.8, 4) is 5.75 Å². The zero-order valence-corrected chi connectivity index (χ0v) is 13.4. The Bertz CT molecular complexity index is 778. The molecule has 0 spiro atoms. The summed E-state index contributed by atoms with van der Waals surface area (Å²) in [5.74, 6) is 0.666. The van der Waals surface area contributed by atoms with Gasteiger partial charge in [0.25, 0.3) is 0 Å². The summed E-state index contributed by atoms with van der Waals surface area (Å²) < 4.78 is 5.50. The average molecular weight is 304 g/mol. The fourth-order valence-corrected chi connectivity index (χ4v) is 2.90. The highest BCUT2D eigenvalue weighted by Crippen LogP contribution is 2.40. The lowest BCUT2D eigenvalue weighted by Crippen LogP contribution is -2.29. The topological polar surface area (TPSA) is 29.5 Å². The summed E-state index contributed by atoms with van der Waals surface area (Å²) in [7, 11) is 1.62. The Labute approximate surface area is 137 Å². The van der Waals surface area contributed by atoms with Crippen LogP contribution in [0.15, 0.2) is 78.9 Å². The molecule has 0 aliphatic rings. The standard InChI is InChI=1S/C21H20O2/c1-16-12-14-18(15-13-16)21(22,17-8-4-3-5-9-17)19-10-6-7-11-20(19)23-2/h3-15,22H,1-2H3. The molecule has 0 aromatic heterocycles. The van der Waals surface area contributed by atoms with Gasteiger partial charge in [-0.2, -0.15) is 0 Å². The highest BCUT2D eigenvalue weighted by Gasteiger charge is 2.36. The Morgan fingerprint density at radius 3 is 1.96 bits per heavy atom. The minimum atomic E-state index is -1.26. The molecule has 2 heteroatoms. The Morgan fingerprint density at radius 1 is 0.739 bits per heavy atom. The van der Waals surface area contributed by atoms with E-state index >= 15 is 0 Å². The van der Waals surface area contributed by atoms with Gasteiger partial charge in [-0.15, -0.1) is 0 Å². The zero-order chi connectivity index (χ0) is 16.3. The lowest BCUT2D eigenvalue weighted by Gasteiger charge is -2.31. The number of aliphatic hydroxyl groups is 1. The SMILES string of the molecule is COc1ccccc1C(O)(c1ccccc1)c1ccc(C)cc1. The van der Waals surface area contributed by atoms with Crippen molar-refractivity contribution in [1.29, 1.82) is 0 Å². The van der Waals surface area contributed by atoms with E-state index in [1.165, 1.54) is 0 Å². The van der Waals surface area contributed by atoms with Gasteiger partial charge in [-0.1, -0.05) is 78.4 Å². The number of benzene rings is 3. The molecule has 0 fully saturated rings. The maximum atomic E-state index is 11.7. The fraction of sp³-hybridized carbons (Fsp3) is 0.143. The first kappa shape index (κ1) is 15.3. The smallest absolute Gasteiger partial charge is 0.144 e. The van der Waals surface area contributed by atoms with E-state index in [1.807, 2.05) is 85.8 Å². The minimum Gasteiger partial charge on any atom is -0.496 e. The van der Waals surface area contributed by atoms with Crippen LogP contribution in [-0.2, 0) is 5.60 Å². The first-order valence-electron chi connectivity index (χ1n) is 7.65. The summed E-state index contributed by atoms with van der Waals surface area (Å²) in [5, 5.41) is 11.7. The number of ether oxygens (including phenoxy) is 1. The second-order valence-electron chi connectivity index (χ2n) is 5.64. The minimum absolute atomic E-state index is 0.666. The van der Waals surface area contributed by atoms with E-state index in [9.17, 15) is 5.11 Å². The van der Waals surface area contributed by atoms with Gasteiger partial charge >= 0.3 is 0 Å². The maximum Gasteiger partial charge on any atom is 0.144 e. The predicted molar refractivity (Wildman–Crippen MR) is 92.7 cm³/mol. The van der Waals surface area contributed by atoms with Crippen molar-refractivity contribution < 1.29 is 9.84 Å². The van der Waals surface area contributed by atoms with E-state index in [0.29, 0.717) is 5.75 Å². The van der Waals surface area contributed by atoms with Crippen LogP contribution in [0.25, 0.3) is 0 Å². The van der Waals surface area contributed by atoms with Crippen LogP contribution < -0.4 is 4.74 Å². The highest BCUT2D eigenvalue weighted by atomic mass is 16.5. The van der Waals surface area contributed by atoms with Gasteiger partial charge in [0.1, 0.15) is 11.4 Å². The van der Waals surface area contributed by atoms with E-state index in [1.54, 1.807) is 7.11 Å². The molecule has 3 aromatic rings. The van der Waals surface area contributed by atoms with Gasteiger partial charge in [0, 0.05) is 5.56 Å². The van der Waals surface area contributed by atoms with E-state index in [0.717, 1.165) is 22.3 Å². The van der Waals surface area contributed by atoms with Gasteiger partial charge < -0.3 is 9.84 Å². The molecule has 3 rings (SSSR count). The molecule has 116 valence electrons. The van der Waals surface area contributed by atoms with Crippen LogP contribution in [0.1, 0.15) is 22.3 Å². The van der Waals surface area contributed by atoms with Crippen molar-refractivity contribution in [3.63, 3.8) is 0 Å². The number of hydrogen-bond acceptors (Lipinski definition) is 2. The molecule has 3 aromatic carbocycles. The van der Waals surface area contributed by atoms with Crippen molar-refractivity contribution in [2.24, 2.45) is 0 Å². The Morgan fingerprint density at radius 2 is 1.30 bits per heavy atom. The first-order chi connectivity index (χ1) is 11.2. The van der Waals surface area contributed by atoms with Crippen molar-refractivity contribution >= 4 is 0 Å². The summed E-state index contributed by atoms with van der Waals surface area (Å²) in [6.07, 6.45) is 0. The number of para-hydroxylation sites is 1. The van der Waals surface area contributed by atoms with Crippen molar-refractivity contribution in [3.05, 3.63) is 101 Å². The Balaban J connectivity index is 2.28. The van der Waals surface area contributed by atoms with Crippen LogP contribution in [-0.4, -0.2) is 12.2 Å². The second-order valence-corrected chi connectivity index (χ2v) is 5.64. The fourth-order valence-electron chi connectivity index (χ4n) is 2.90.